The number of hydrogen-bond donors (Lipinski definition) is 3. The number of nitrogens with two attached hydrogens (primary N) is 1. The SMILES string of the molecule is Cc1ccc2c(c1Br)[C@@]1(C(=O)N2)C(C#N)=C(N)Oc2n[nH]c(-c3ccncc3)c21. The van der Waals surface area contributed by atoms with Gasteiger partial charge in [0.05, 0.1) is 11.3 Å². The minimum absolute atomic E-state index is 0.0178. The van der Waals surface area contributed by atoms with E-state index in [4.69, 9.17) is 10.5 Å². The molecule has 0 saturated heterocycles. The zero-order chi connectivity index (χ0) is 20.3. The van der Waals surface area contributed by atoms with E-state index in [1.807, 2.05) is 19.1 Å². The zero-order valence-electron chi connectivity index (χ0n) is 15.1. The molecule has 1 atom stereocenters. The van der Waals surface area contributed by atoms with Crippen molar-refractivity contribution in [3.63, 3.8) is 0 Å². The maximum Gasteiger partial charge on any atom is 0.245 e. The number of aryl methyl sites for hydroxylation is 1. The number of carbonyl (C=O) groups is 1. The molecule has 0 unspecified atom stereocenters. The molecule has 1 amide bonds. The summed E-state index contributed by atoms with van der Waals surface area (Å²) in [7, 11) is 0. The number of fused-ring (bicyclic) bond motifs is 4. The summed E-state index contributed by atoms with van der Waals surface area (Å²) in [6.07, 6.45) is 3.27. The lowest BCUT2D eigenvalue weighted by molar-refractivity contribution is -0.118. The van der Waals surface area contributed by atoms with E-state index < -0.39 is 5.41 Å². The summed E-state index contributed by atoms with van der Waals surface area (Å²) in [6.45, 7) is 1.92. The number of aromatic amines is 1. The molecule has 4 heterocycles. The van der Waals surface area contributed by atoms with Crippen LogP contribution in [0.2, 0.25) is 0 Å². The largest absolute Gasteiger partial charge is 0.420 e. The molecule has 0 radical (unpaired) electrons. The Morgan fingerprint density at radius 3 is 2.72 bits per heavy atom. The number of carbonyl (C=O) groups excluding carboxylic acids is 1. The maximum atomic E-state index is 13.5. The summed E-state index contributed by atoms with van der Waals surface area (Å²) in [6, 6.07) is 9.38. The first-order valence-electron chi connectivity index (χ1n) is 8.68. The molecule has 0 aliphatic carbocycles. The summed E-state index contributed by atoms with van der Waals surface area (Å²) in [5, 5.41) is 20.1. The number of nitriles is 1. The first-order valence-corrected chi connectivity index (χ1v) is 9.47. The summed E-state index contributed by atoms with van der Waals surface area (Å²) in [5.74, 6) is -0.381. The van der Waals surface area contributed by atoms with Gasteiger partial charge in [0.15, 0.2) is 0 Å². The van der Waals surface area contributed by atoms with E-state index in [9.17, 15) is 10.1 Å². The molecule has 1 spiro atoms. The molecule has 29 heavy (non-hydrogen) atoms. The van der Waals surface area contributed by atoms with Gasteiger partial charge in [0.25, 0.3) is 0 Å². The highest BCUT2D eigenvalue weighted by Gasteiger charge is 2.59. The van der Waals surface area contributed by atoms with Crippen LogP contribution >= 0.6 is 15.9 Å². The number of nitrogens with one attached hydrogen (secondary N) is 2. The van der Waals surface area contributed by atoms with Crippen LogP contribution < -0.4 is 15.8 Å². The van der Waals surface area contributed by atoms with Gasteiger partial charge in [-0.25, -0.2) is 0 Å². The van der Waals surface area contributed by atoms with E-state index >= 15 is 0 Å². The molecule has 5 rings (SSSR count). The fourth-order valence-electron chi connectivity index (χ4n) is 4.04. The van der Waals surface area contributed by atoms with Crippen LogP contribution in [0.3, 0.4) is 0 Å². The van der Waals surface area contributed by atoms with Gasteiger partial charge in [0.2, 0.25) is 17.7 Å². The van der Waals surface area contributed by atoms with E-state index in [1.54, 1.807) is 24.5 Å². The van der Waals surface area contributed by atoms with Crippen molar-refractivity contribution >= 4 is 27.5 Å². The smallest absolute Gasteiger partial charge is 0.245 e. The predicted molar refractivity (Wildman–Crippen MR) is 108 cm³/mol. The van der Waals surface area contributed by atoms with E-state index in [0.717, 1.165) is 11.1 Å². The molecule has 3 aromatic rings. The maximum absolute atomic E-state index is 13.5. The van der Waals surface area contributed by atoms with Crippen molar-refractivity contribution < 1.29 is 9.53 Å². The fourth-order valence-corrected chi connectivity index (χ4v) is 4.68. The third-order valence-corrected chi connectivity index (χ3v) is 6.34. The molecular weight excluding hydrogens is 436 g/mol. The highest BCUT2D eigenvalue weighted by molar-refractivity contribution is 9.10. The number of rotatable bonds is 1. The monoisotopic (exact) mass is 448 g/mol. The summed E-state index contributed by atoms with van der Waals surface area (Å²) in [4.78, 5) is 17.6. The number of anilines is 1. The number of H-pyrrole nitrogens is 1. The molecule has 8 nitrogen and oxygen atoms in total. The Morgan fingerprint density at radius 1 is 1.24 bits per heavy atom. The highest BCUT2D eigenvalue weighted by Crippen LogP contribution is 2.57. The number of aromatic nitrogens is 3. The van der Waals surface area contributed by atoms with E-state index in [1.165, 1.54) is 0 Å². The van der Waals surface area contributed by atoms with Crippen molar-refractivity contribution in [3.05, 3.63) is 69.3 Å². The van der Waals surface area contributed by atoms with Gasteiger partial charge in [0, 0.05) is 33.7 Å². The Kier molecular flexibility index (Phi) is 3.57. The first kappa shape index (κ1) is 17.5. The number of pyridine rings is 1. The van der Waals surface area contributed by atoms with Crippen molar-refractivity contribution in [1.29, 1.82) is 5.26 Å². The van der Waals surface area contributed by atoms with Crippen LogP contribution in [-0.2, 0) is 10.2 Å². The van der Waals surface area contributed by atoms with Crippen molar-refractivity contribution in [2.75, 3.05) is 5.32 Å². The van der Waals surface area contributed by atoms with Crippen LogP contribution in [0.25, 0.3) is 11.3 Å². The van der Waals surface area contributed by atoms with Gasteiger partial charge < -0.3 is 15.8 Å². The van der Waals surface area contributed by atoms with Crippen LogP contribution in [0.4, 0.5) is 5.69 Å². The van der Waals surface area contributed by atoms with Gasteiger partial charge in [-0.2, -0.15) is 5.26 Å². The number of hydrogen-bond acceptors (Lipinski definition) is 6. The fraction of sp³-hybridized carbons (Fsp3) is 0.100. The molecular formula is C20H13BrN6O2. The number of amides is 1. The molecule has 9 heteroatoms. The van der Waals surface area contributed by atoms with Crippen LogP contribution in [0.15, 0.2) is 52.6 Å². The lowest BCUT2D eigenvalue weighted by Crippen LogP contribution is -2.42. The first-order chi connectivity index (χ1) is 14.0. The van der Waals surface area contributed by atoms with Gasteiger partial charge in [-0.3, -0.25) is 14.9 Å². The third kappa shape index (κ3) is 2.09. The molecule has 4 N–H and O–H groups in total. The van der Waals surface area contributed by atoms with Crippen molar-refractivity contribution in [3.8, 4) is 23.2 Å². The molecule has 0 bridgehead atoms. The van der Waals surface area contributed by atoms with Gasteiger partial charge in [-0.05, 0) is 30.7 Å². The number of nitrogens with zero attached hydrogens (tertiary/aromatic N) is 3. The Balaban J connectivity index is 1.95. The predicted octanol–water partition coefficient (Wildman–Crippen LogP) is 2.87. The van der Waals surface area contributed by atoms with Crippen LogP contribution in [0.1, 0.15) is 16.7 Å². The van der Waals surface area contributed by atoms with E-state index in [0.29, 0.717) is 27.0 Å². The second-order valence-electron chi connectivity index (χ2n) is 6.79. The van der Waals surface area contributed by atoms with Gasteiger partial charge >= 0.3 is 0 Å². The van der Waals surface area contributed by atoms with Crippen LogP contribution in [-0.4, -0.2) is 21.1 Å². The molecule has 0 fully saturated rings. The lowest BCUT2D eigenvalue weighted by atomic mass is 9.68. The zero-order valence-corrected chi connectivity index (χ0v) is 16.7. The topological polar surface area (TPSA) is 130 Å². The summed E-state index contributed by atoms with van der Waals surface area (Å²) < 4.78 is 6.35. The third-order valence-electron chi connectivity index (χ3n) is 5.32. The quantitative estimate of drug-likeness (QED) is 0.524. The molecule has 142 valence electrons. The van der Waals surface area contributed by atoms with Crippen molar-refractivity contribution in [1.82, 2.24) is 15.2 Å². The average Bonchev–Trinajstić information content (AvgIpc) is 3.26. The van der Waals surface area contributed by atoms with Gasteiger partial charge in [0.1, 0.15) is 17.1 Å². The van der Waals surface area contributed by atoms with E-state index in [2.05, 4.69) is 42.5 Å². The number of benzene rings is 1. The molecule has 2 aromatic heterocycles. The summed E-state index contributed by atoms with van der Waals surface area (Å²) in [5.41, 5.74) is 8.48. The Labute approximate surface area is 173 Å². The normalized spacial score (nSPS) is 19.4. The minimum atomic E-state index is -1.50. The number of ether oxygens (including phenoxy) is 1. The van der Waals surface area contributed by atoms with Crippen LogP contribution in [0.5, 0.6) is 5.88 Å². The second kappa shape index (κ2) is 5.93. The van der Waals surface area contributed by atoms with Crippen molar-refractivity contribution in [2.45, 2.75) is 12.3 Å². The van der Waals surface area contributed by atoms with E-state index in [-0.39, 0.29) is 23.2 Å². The highest BCUT2D eigenvalue weighted by atomic mass is 79.9. The molecule has 0 saturated carbocycles. The Bertz CT molecular complexity index is 1270. The summed E-state index contributed by atoms with van der Waals surface area (Å²) >= 11 is 3.62. The van der Waals surface area contributed by atoms with Crippen molar-refractivity contribution in [2.24, 2.45) is 5.73 Å². The Hall–Kier alpha value is -3.64. The average molecular weight is 449 g/mol. The Morgan fingerprint density at radius 2 is 2.00 bits per heavy atom. The van der Waals surface area contributed by atoms with Crippen LogP contribution in [0, 0.1) is 18.3 Å². The second-order valence-corrected chi connectivity index (χ2v) is 7.58. The standard InChI is InChI=1S/C20H13BrN6O2/c1-9-2-3-12-13(15(9)21)20(19(28)25-12)11(8-22)17(23)29-18-14(20)16(26-27-18)10-4-6-24-7-5-10/h2-7H,23H2,1H3,(H,25,28)(H,26,27)/t20-/m0/s1. The van der Waals surface area contributed by atoms with Gasteiger partial charge in [-0.1, -0.05) is 22.0 Å². The minimum Gasteiger partial charge on any atom is -0.420 e. The lowest BCUT2D eigenvalue weighted by Gasteiger charge is -2.32. The molecule has 2 aliphatic rings. The van der Waals surface area contributed by atoms with Gasteiger partial charge in [-0.15, -0.1) is 5.10 Å². The molecule has 1 aromatic carbocycles. The molecule has 2 aliphatic heterocycles. The number of halogens is 1.